The highest BCUT2D eigenvalue weighted by Gasteiger charge is 2.41. The minimum absolute atomic E-state index is 0.0134. The first-order valence-corrected chi connectivity index (χ1v) is 7.40. The van der Waals surface area contributed by atoms with Crippen molar-refractivity contribution in [1.29, 1.82) is 0 Å². The van der Waals surface area contributed by atoms with Crippen molar-refractivity contribution in [2.24, 2.45) is 10.9 Å². The molecule has 0 atom stereocenters. The first-order chi connectivity index (χ1) is 10.6. The second kappa shape index (κ2) is 5.68. The van der Waals surface area contributed by atoms with Gasteiger partial charge in [-0.15, -0.1) is 0 Å². The van der Waals surface area contributed by atoms with Crippen molar-refractivity contribution >= 4 is 17.3 Å². The molecule has 0 saturated heterocycles. The van der Waals surface area contributed by atoms with Crippen molar-refractivity contribution in [3.05, 3.63) is 71.3 Å². The largest absolute Gasteiger partial charge is 0.293 e. The third-order valence-corrected chi connectivity index (χ3v) is 3.72. The lowest BCUT2D eigenvalue weighted by atomic mass is 9.92. The van der Waals surface area contributed by atoms with Gasteiger partial charge >= 0.3 is 0 Å². The van der Waals surface area contributed by atoms with Crippen LogP contribution in [0.5, 0.6) is 0 Å². The lowest BCUT2D eigenvalue weighted by Crippen LogP contribution is -2.27. The van der Waals surface area contributed by atoms with Gasteiger partial charge in [0.1, 0.15) is 5.92 Å². The maximum atomic E-state index is 12.7. The topological polar surface area (TPSA) is 46.5 Å². The second-order valence-electron chi connectivity index (χ2n) is 5.68. The average molecular weight is 291 g/mol. The molecule has 0 bridgehead atoms. The molecule has 0 saturated carbocycles. The normalized spacial score (nSPS) is 15.5. The molecule has 3 heteroatoms. The van der Waals surface area contributed by atoms with Gasteiger partial charge in [-0.1, -0.05) is 54.6 Å². The maximum absolute atomic E-state index is 12.7. The van der Waals surface area contributed by atoms with Gasteiger partial charge < -0.3 is 0 Å². The molecule has 0 unspecified atom stereocenters. The highest BCUT2D eigenvalue weighted by atomic mass is 16.2. The fourth-order valence-electron chi connectivity index (χ4n) is 2.79. The van der Waals surface area contributed by atoms with Gasteiger partial charge in [-0.05, 0) is 19.4 Å². The Hall–Kier alpha value is -2.55. The minimum Gasteiger partial charge on any atom is -0.293 e. The van der Waals surface area contributed by atoms with Crippen molar-refractivity contribution in [2.75, 3.05) is 0 Å². The van der Waals surface area contributed by atoms with Gasteiger partial charge in [-0.25, -0.2) is 0 Å². The van der Waals surface area contributed by atoms with Crippen LogP contribution in [0.25, 0.3) is 0 Å². The van der Waals surface area contributed by atoms with E-state index >= 15 is 0 Å². The number of carbonyl (C=O) groups is 2. The summed E-state index contributed by atoms with van der Waals surface area (Å²) < 4.78 is 0. The Morgan fingerprint density at radius 2 is 1.36 bits per heavy atom. The number of hydrogen-bond donors (Lipinski definition) is 0. The number of benzene rings is 2. The van der Waals surface area contributed by atoms with Crippen molar-refractivity contribution in [1.82, 2.24) is 0 Å². The van der Waals surface area contributed by atoms with Crippen molar-refractivity contribution < 1.29 is 9.59 Å². The molecule has 1 aliphatic rings. The Morgan fingerprint density at radius 3 is 1.86 bits per heavy atom. The van der Waals surface area contributed by atoms with Crippen LogP contribution in [-0.4, -0.2) is 23.3 Å². The lowest BCUT2D eigenvalue weighted by molar-refractivity contribution is 0.0883. The number of Topliss-reactive ketones (excluding diaryl/α,β-unsaturated/α-hetero) is 2. The van der Waals surface area contributed by atoms with Crippen molar-refractivity contribution in [2.45, 2.75) is 19.9 Å². The standard InChI is InChI=1S/C19H17NO2/c1-12(2)20-17(13-8-4-3-5-9-13)16-18(21)14-10-6-7-11-15(14)19(16)22/h3-12,16H,1-2H3. The molecule has 0 radical (unpaired) electrons. The van der Waals surface area contributed by atoms with Crippen LogP contribution in [0.2, 0.25) is 0 Å². The minimum atomic E-state index is -0.817. The van der Waals surface area contributed by atoms with E-state index < -0.39 is 5.92 Å². The fraction of sp³-hybridized carbons (Fsp3) is 0.211. The summed E-state index contributed by atoms with van der Waals surface area (Å²) in [5.74, 6) is -1.12. The molecule has 0 amide bonds. The molecule has 110 valence electrons. The predicted molar refractivity (Wildman–Crippen MR) is 86.7 cm³/mol. The fourth-order valence-corrected chi connectivity index (χ4v) is 2.79. The molecule has 0 aromatic heterocycles. The van der Waals surface area contributed by atoms with Gasteiger partial charge in [0, 0.05) is 17.2 Å². The van der Waals surface area contributed by atoms with E-state index in [1.807, 2.05) is 44.2 Å². The van der Waals surface area contributed by atoms with Gasteiger partial charge in [-0.2, -0.15) is 0 Å². The zero-order chi connectivity index (χ0) is 15.7. The summed E-state index contributed by atoms with van der Waals surface area (Å²) in [6, 6.07) is 16.5. The van der Waals surface area contributed by atoms with Gasteiger partial charge in [0.2, 0.25) is 0 Å². The first-order valence-electron chi connectivity index (χ1n) is 7.40. The molecule has 0 heterocycles. The van der Waals surface area contributed by atoms with Gasteiger partial charge in [0.15, 0.2) is 11.6 Å². The third kappa shape index (κ3) is 2.39. The van der Waals surface area contributed by atoms with Gasteiger partial charge in [0.25, 0.3) is 0 Å². The van der Waals surface area contributed by atoms with Crippen LogP contribution < -0.4 is 0 Å². The molecular formula is C19H17NO2. The van der Waals surface area contributed by atoms with E-state index in [4.69, 9.17) is 0 Å². The smallest absolute Gasteiger partial charge is 0.180 e. The quantitative estimate of drug-likeness (QED) is 0.641. The molecular weight excluding hydrogens is 274 g/mol. The van der Waals surface area contributed by atoms with Crippen LogP contribution in [0, 0.1) is 5.92 Å². The Kier molecular flexibility index (Phi) is 3.72. The van der Waals surface area contributed by atoms with E-state index in [0.29, 0.717) is 16.8 Å². The molecule has 3 rings (SSSR count). The highest BCUT2D eigenvalue weighted by molar-refractivity contribution is 6.38. The van der Waals surface area contributed by atoms with E-state index in [0.717, 1.165) is 5.56 Å². The van der Waals surface area contributed by atoms with Crippen LogP contribution in [0.1, 0.15) is 40.1 Å². The van der Waals surface area contributed by atoms with Crippen LogP contribution in [0.3, 0.4) is 0 Å². The van der Waals surface area contributed by atoms with Crippen LogP contribution in [0.4, 0.5) is 0 Å². The molecule has 0 fully saturated rings. The number of nitrogens with zero attached hydrogens (tertiary/aromatic N) is 1. The number of carbonyl (C=O) groups excluding carboxylic acids is 2. The van der Waals surface area contributed by atoms with E-state index in [1.54, 1.807) is 24.3 Å². The van der Waals surface area contributed by atoms with Crippen molar-refractivity contribution in [3.63, 3.8) is 0 Å². The zero-order valence-corrected chi connectivity index (χ0v) is 12.6. The summed E-state index contributed by atoms with van der Waals surface area (Å²) in [5, 5.41) is 0. The number of hydrogen-bond acceptors (Lipinski definition) is 3. The Morgan fingerprint density at radius 1 is 0.864 bits per heavy atom. The Labute approximate surface area is 129 Å². The van der Waals surface area contributed by atoms with E-state index in [1.165, 1.54) is 0 Å². The molecule has 0 N–H and O–H groups in total. The number of ketones is 2. The predicted octanol–water partition coefficient (Wildman–Crippen LogP) is 3.58. The number of aliphatic imine (C=N–C) groups is 1. The highest BCUT2D eigenvalue weighted by Crippen LogP contribution is 2.30. The van der Waals surface area contributed by atoms with E-state index in [9.17, 15) is 9.59 Å². The van der Waals surface area contributed by atoms with E-state index in [2.05, 4.69) is 4.99 Å². The molecule has 0 aliphatic heterocycles. The maximum Gasteiger partial charge on any atom is 0.180 e. The Bertz CT molecular complexity index is 725. The molecule has 22 heavy (non-hydrogen) atoms. The third-order valence-electron chi connectivity index (χ3n) is 3.72. The van der Waals surface area contributed by atoms with Gasteiger partial charge in [-0.3, -0.25) is 14.6 Å². The summed E-state index contributed by atoms with van der Waals surface area (Å²) in [5.41, 5.74) is 2.41. The zero-order valence-electron chi connectivity index (χ0n) is 12.6. The monoisotopic (exact) mass is 291 g/mol. The summed E-state index contributed by atoms with van der Waals surface area (Å²) in [6.45, 7) is 3.89. The Balaban J connectivity index is 2.12. The summed E-state index contributed by atoms with van der Waals surface area (Å²) >= 11 is 0. The molecule has 2 aromatic rings. The number of rotatable bonds is 3. The molecule has 0 spiro atoms. The first kappa shape index (κ1) is 14.4. The molecule has 1 aliphatic carbocycles. The van der Waals surface area contributed by atoms with Crippen LogP contribution in [-0.2, 0) is 0 Å². The van der Waals surface area contributed by atoms with Crippen molar-refractivity contribution in [3.8, 4) is 0 Å². The number of fused-ring (bicyclic) bond motifs is 1. The summed E-state index contributed by atoms with van der Waals surface area (Å²) in [4.78, 5) is 30.0. The molecule has 2 aromatic carbocycles. The summed E-state index contributed by atoms with van der Waals surface area (Å²) in [7, 11) is 0. The lowest BCUT2D eigenvalue weighted by Gasteiger charge is -2.13. The summed E-state index contributed by atoms with van der Waals surface area (Å²) in [6.07, 6.45) is 0. The SMILES string of the molecule is CC(C)N=C(c1ccccc1)C1C(=O)c2ccccc2C1=O. The van der Waals surface area contributed by atoms with E-state index in [-0.39, 0.29) is 17.6 Å². The van der Waals surface area contributed by atoms with Crippen LogP contribution in [0.15, 0.2) is 59.6 Å². The van der Waals surface area contributed by atoms with Crippen LogP contribution >= 0.6 is 0 Å². The molecule has 3 nitrogen and oxygen atoms in total. The van der Waals surface area contributed by atoms with Gasteiger partial charge in [0.05, 0.1) is 5.71 Å². The average Bonchev–Trinajstić information content (AvgIpc) is 2.78. The second-order valence-corrected chi connectivity index (χ2v) is 5.68.